The van der Waals surface area contributed by atoms with Gasteiger partial charge in [-0.2, -0.15) is 0 Å². The Hall–Kier alpha value is -1.40. The first-order valence-electron chi connectivity index (χ1n) is 6.74. The van der Waals surface area contributed by atoms with Gasteiger partial charge in [0, 0.05) is 0 Å². The molecule has 6 heteroatoms. The number of nitrogens with two attached hydrogens (primary N) is 1. The molecule has 20 heavy (non-hydrogen) atoms. The Bertz CT molecular complexity index is 470. The standard InChI is InChI=1S/C14H25N3O2Si/c1-14(2,3)20(4,5)19-10-12-8-6-7-11(17-12)9-16-13(15)18/h6-8H,9-10H2,1-5H3,(H3,15,16,18). The average molecular weight is 295 g/mol. The van der Waals surface area contributed by atoms with E-state index in [9.17, 15) is 4.79 Å². The van der Waals surface area contributed by atoms with Gasteiger partial charge in [0.1, 0.15) is 0 Å². The highest BCUT2D eigenvalue weighted by Crippen LogP contribution is 2.36. The van der Waals surface area contributed by atoms with Gasteiger partial charge in [0.25, 0.3) is 0 Å². The van der Waals surface area contributed by atoms with Crippen molar-refractivity contribution in [1.82, 2.24) is 10.3 Å². The van der Waals surface area contributed by atoms with E-state index in [1.807, 2.05) is 18.2 Å². The van der Waals surface area contributed by atoms with Crippen LogP contribution in [0.2, 0.25) is 18.1 Å². The zero-order chi connectivity index (χ0) is 15.4. The van der Waals surface area contributed by atoms with Gasteiger partial charge in [-0.3, -0.25) is 4.98 Å². The molecule has 0 fully saturated rings. The molecule has 0 aliphatic rings. The van der Waals surface area contributed by atoms with Gasteiger partial charge in [-0.05, 0) is 30.3 Å². The molecule has 0 atom stereocenters. The third-order valence-electron chi connectivity index (χ3n) is 3.70. The molecule has 5 nitrogen and oxygen atoms in total. The summed E-state index contributed by atoms with van der Waals surface area (Å²) >= 11 is 0. The van der Waals surface area contributed by atoms with E-state index >= 15 is 0 Å². The molecule has 2 amide bonds. The zero-order valence-corrected chi connectivity index (χ0v) is 14.0. The Kier molecular flexibility index (Phi) is 5.30. The highest BCUT2D eigenvalue weighted by molar-refractivity contribution is 6.74. The number of nitrogens with zero attached hydrogens (tertiary/aromatic N) is 1. The second-order valence-electron chi connectivity index (χ2n) is 6.39. The van der Waals surface area contributed by atoms with Crippen molar-refractivity contribution >= 4 is 14.3 Å². The van der Waals surface area contributed by atoms with Crippen molar-refractivity contribution in [3.05, 3.63) is 29.6 Å². The SMILES string of the molecule is CC(C)(C)[Si](C)(C)OCc1cccc(CNC(N)=O)n1. The van der Waals surface area contributed by atoms with Gasteiger partial charge in [-0.25, -0.2) is 4.79 Å². The van der Waals surface area contributed by atoms with Crippen LogP contribution >= 0.6 is 0 Å². The normalized spacial score (nSPS) is 12.2. The molecular weight excluding hydrogens is 270 g/mol. The van der Waals surface area contributed by atoms with Crippen LogP contribution in [-0.2, 0) is 17.6 Å². The van der Waals surface area contributed by atoms with Crippen molar-refractivity contribution in [3.8, 4) is 0 Å². The Morgan fingerprint density at radius 3 is 2.50 bits per heavy atom. The van der Waals surface area contributed by atoms with Crippen LogP contribution in [-0.4, -0.2) is 19.3 Å². The van der Waals surface area contributed by atoms with E-state index in [0.29, 0.717) is 13.2 Å². The van der Waals surface area contributed by atoms with Gasteiger partial charge >= 0.3 is 6.03 Å². The highest BCUT2D eigenvalue weighted by atomic mass is 28.4. The lowest BCUT2D eigenvalue weighted by molar-refractivity contribution is 0.248. The maximum atomic E-state index is 10.7. The summed E-state index contributed by atoms with van der Waals surface area (Å²) in [6, 6.07) is 5.15. The molecule has 0 aromatic carbocycles. The zero-order valence-electron chi connectivity index (χ0n) is 13.0. The maximum absolute atomic E-state index is 10.7. The number of pyridine rings is 1. The van der Waals surface area contributed by atoms with Crippen molar-refractivity contribution in [3.63, 3.8) is 0 Å². The first kappa shape index (κ1) is 16.7. The molecule has 0 bridgehead atoms. The smallest absolute Gasteiger partial charge is 0.312 e. The lowest BCUT2D eigenvalue weighted by atomic mass is 10.2. The number of primary amides is 1. The lowest BCUT2D eigenvalue weighted by Gasteiger charge is -2.36. The summed E-state index contributed by atoms with van der Waals surface area (Å²) in [5.41, 5.74) is 6.70. The van der Waals surface area contributed by atoms with E-state index in [1.165, 1.54) is 0 Å². The topological polar surface area (TPSA) is 77.2 Å². The molecule has 0 radical (unpaired) electrons. The van der Waals surface area contributed by atoms with Crippen molar-refractivity contribution in [2.45, 2.75) is 52.1 Å². The summed E-state index contributed by atoms with van der Waals surface area (Å²) in [5.74, 6) is 0. The van der Waals surface area contributed by atoms with Gasteiger partial charge < -0.3 is 15.5 Å². The van der Waals surface area contributed by atoms with Crippen molar-refractivity contribution in [2.24, 2.45) is 5.73 Å². The van der Waals surface area contributed by atoms with Gasteiger partial charge in [0.05, 0.1) is 24.5 Å². The number of hydrogen-bond donors (Lipinski definition) is 2. The van der Waals surface area contributed by atoms with Crippen molar-refractivity contribution in [1.29, 1.82) is 0 Å². The monoisotopic (exact) mass is 295 g/mol. The molecule has 1 aromatic heterocycles. The summed E-state index contributed by atoms with van der Waals surface area (Å²) < 4.78 is 6.12. The van der Waals surface area contributed by atoms with E-state index in [-0.39, 0.29) is 5.04 Å². The molecule has 0 spiro atoms. The number of urea groups is 1. The summed E-state index contributed by atoms with van der Waals surface area (Å²) in [7, 11) is -1.77. The maximum Gasteiger partial charge on any atom is 0.312 e. The van der Waals surface area contributed by atoms with Crippen molar-refractivity contribution in [2.75, 3.05) is 0 Å². The minimum Gasteiger partial charge on any atom is -0.411 e. The Labute approximate surface area is 122 Å². The fourth-order valence-corrected chi connectivity index (χ4v) is 2.30. The Morgan fingerprint density at radius 1 is 1.35 bits per heavy atom. The number of rotatable bonds is 5. The van der Waals surface area contributed by atoms with Crippen LogP contribution in [0.25, 0.3) is 0 Å². The molecule has 0 saturated heterocycles. The Balaban J connectivity index is 2.65. The predicted molar refractivity (Wildman–Crippen MR) is 82.6 cm³/mol. The van der Waals surface area contributed by atoms with Crippen LogP contribution < -0.4 is 11.1 Å². The summed E-state index contributed by atoms with van der Waals surface area (Å²) in [4.78, 5) is 15.1. The minimum absolute atomic E-state index is 0.179. The lowest BCUT2D eigenvalue weighted by Crippen LogP contribution is -2.40. The fourth-order valence-electron chi connectivity index (χ4n) is 1.36. The van der Waals surface area contributed by atoms with Crippen LogP contribution in [0.1, 0.15) is 32.2 Å². The molecule has 112 valence electrons. The van der Waals surface area contributed by atoms with Crippen LogP contribution in [0.3, 0.4) is 0 Å². The molecule has 0 saturated carbocycles. The number of carbonyl (C=O) groups is 1. The second kappa shape index (κ2) is 6.36. The summed E-state index contributed by atoms with van der Waals surface area (Å²) in [6.45, 7) is 11.9. The number of amides is 2. The van der Waals surface area contributed by atoms with Crippen LogP contribution in [0, 0.1) is 0 Å². The van der Waals surface area contributed by atoms with Crippen molar-refractivity contribution < 1.29 is 9.22 Å². The molecule has 1 rings (SSSR count). The van der Waals surface area contributed by atoms with E-state index in [1.54, 1.807) is 0 Å². The average Bonchev–Trinajstić information content (AvgIpc) is 2.33. The van der Waals surface area contributed by atoms with E-state index in [2.05, 4.69) is 44.2 Å². The van der Waals surface area contributed by atoms with Gasteiger partial charge in [0.2, 0.25) is 0 Å². The Morgan fingerprint density at radius 2 is 1.95 bits per heavy atom. The van der Waals surface area contributed by atoms with E-state index in [4.69, 9.17) is 10.2 Å². The summed E-state index contributed by atoms with van der Waals surface area (Å²) in [6.07, 6.45) is 0. The first-order chi connectivity index (χ1) is 9.12. The molecule has 0 aliphatic carbocycles. The van der Waals surface area contributed by atoms with Crippen LogP contribution in [0.5, 0.6) is 0 Å². The third kappa shape index (κ3) is 4.94. The quantitative estimate of drug-likeness (QED) is 0.820. The second-order valence-corrected chi connectivity index (χ2v) is 11.2. The predicted octanol–water partition coefficient (Wildman–Crippen LogP) is 2.77. The summed E-state index contributed by atoms with van der Waals surface area (Å²) in [5, 5.41) is 2.71. The van der Waals surface area contributed by atoms with Crippen LogP contribution in [0.15, 0.2) is 18.2 Å². The molecule has 0 aliphatic heterocycles. The molecule has 0 unspecified atom stereocenters. The first-order valence-corrected chi connectivity index (χ1v) is 9.65. The third-order valence-corrected chi connectivity index (χ3v) is 8.17. The highest BCUT2D eigenvalue weighted by Gasteiger charge is 2.37. The number of nitrogens with one attached hydrogen (secondary N) is 1. The van der Waals surface area contributed by atoms with Gasteiger partial charge in [-0.1, -0.05) is 26.8 Å². The van der Waals surface area contributed by atoms with Gasteiger partial charge in [0.15, 0.2) is 8.32 Å². The van der Waals surface area contributed by atoms with E-state index < -0.39 is 14.3 Å². The number of hydrogen-bond acceptors (Lipinski definition) is 3. The molecular formula is C14H25N3O2Si. The number of carbonyl (C=O) groups excluding carboxylic acids is 1. The fraction of sp³-hybridized carbons (Fsp3) is 0.571. The molecule has 1 aromatic rings. The molecule has 3 N–H and O–H groups in total. The number of aromatic nitrogens is 1. The van der Waals surface area contributed by atoms with E-state index in [0.717, 1.165) is 11.4 Å². The minimum atomic E-state index is -1.77. The molecule has 1 heterocycles. The largest absolute Gasteiger partial charge is 0.411 e. The van der Waals surface area contributed by atoms with Crippen LogP contribution in [0.4, 0.5) is 4.79 Å². The van der Waals surface area contributed by atoms with Gasteiger partial charge in [-0.15, -0.1) is 0 Å².